The molecule has 0 aliphatic heterocycles. The van der Waals surface area contributed by atoms with Crippen molar-refractivity contribution in [2.24, 2.45) is 0 Å². The smallest absolute Gasteiger partial charge is 0.327 e. The number of ether oxygens (including phenoxy) is 1. The van der Waals surface area contributed by atoms with Crippen LogP contribution in [0.5, 0.6) is 0 Å². The number of halogens is 1. The van der Waals surface area contributed by atoms with Gasteiger partial charge in [0.25, 0.3) is 10.0 Å². The lowest BCUT2D eigenvalue weighted by Crippen LogP contribution is -2.39. The lowest BCUT2D eigenvalue weighted by molar-refractivity contribution is -0.152. The Morgan fingerprint density at radius 1 is 1.18 bits per heavy atom. The van der Waals surface area contributed by atoms with Crippen LogP contribution in [0, 0.1) is 0 Å². The fourth-order valence-electron chi connectivity index (χ4n) is 2.50. The number of esters is 1. The van der Waals surface area contributed by atoms with E-state index in [0.717, 1.165) is 4.31 Å². The second-order valence-corrected chi connectivity index (χ2v) is 9.33. The number of hydrogen-bond acceptors (Lipinski definition) is 6. The number of carbonyl (C=O) groups is 1. The van der Waals surface area contributed by atoms with Gasteiger partial charge in [-0.25, -0.2) is 8.42 Å². The first-order chi connectivity index (χ1) is 13.1. The van der Waals surface area contributed by atoms with Crippen molar-refractivity contribution < 1.29 is 17.9 Å². The first-order valence-electron chi connectivity index (χ1n) is 8.36. The summed E-state index contributed by atoms with van der Waals surface area (Å²) in [6.07, 6.45) is 2.79. The Kier molecular flexibility index (Phi) is 5.31. The maximum Gasteiger partial charge on any atom is 0.327 e. The molecule has 1 aromatic carbocycles. The van der Waals surface area contributed by atoms with Gasteiger partial charge in [-0.2, -0.15) is 0 Å². The third-order valence-electron chi connectivity index (χ3n) is 3.66. The minimum Gasteiger partial charge on any atom is -0.459 e. The van der Waals surface area contributed by atoms with E-state index < -0.39 is 28.1 Å². The number of fused-ring (bicyclic) bond motifs is 1. The highest BCUT2D eigenvalue weighted by Gasteiger charge is 2.29. The van der Waals surface area contributed by atoms with Gasteiger partial charge < -0.3 is 4.74 Å². The molecular formula is C18H19ClN4O4S. The minimum atomic E-state index is -4.07. The number of aromatic nitrogens is 3. The Balaban J connectivity index is 2.03. The molecule has 2 heterocycles. The maximum absolute atomic E-state index is 13.3. The van der Waals surface area contributed by atoms with Gasteiger partial charge in [0, 0.05) is 11.2 Å². The number of pyridine rings is 1. The predicted molar refractivity (Wildman–Crippen MR) is 105 cm³/mol. The molecule has 0 fully saturated rings. The van der Waals surface area contributed by atoms with Gasteiger partial charge in [-0.1, -0.05) is 11.6 Å². The average molecular weight is 423 g/mol. The Hall–Kier alpha value is -2.65. The van der Waals surface area contributed by atoms with Crippen molar-refractivity contribution in [1.29, 1.82) is 0 Å². The second-order valence-electron chi connectivity index (χ2n) is 7.04. The predicted octanol–water partition coefficient (Wildman–Crippen LogP) is 2.92. The van der Waals surface area contributed by atoms with Crippen molar-refractivity contribution >= 4 is 38.9 Å². The van der Waals surface area contributed by atoms with Gasteiger partial charge in [0.05, 0.1) is 5.69 Å². The van der Waals surface area contributed by atoms with Crippen molar-refractivity contribution in [3.8, 4) is 0 Å². The highest BCUT2D eigenvalue weighted by atomic mass is 35.5. The molecule has 2 aromatic heterocycles. The summed E-state index contributed by atoms with van der Waals surface area (Å²) < 4.78 is 34.4. The van der Waals surface area contributed by atoms with E-state index in [0.29, 0.717) is 16.4 Å². The SMILES string of the molecule is CC(C)(C)OC(=O)CN(c1ccc(Cl)cc1)S(=O)(=O)c1ccc2nncn2c1. The minimum absolute atomic E-state index is 0.0155. The summed E-state index contributed by atoms with van der Waals surface area (Å²) in [6.45, 7) is 4.66. The topological polar surface area (TPSA) is 93.9 Å². The van der Waals surface area contributed by atoms with E-state index in [1.807, 2.05) is 0 Å². The van der Waals surface area contributed by atoms with Crippen molar-refractivity contribution in [1.82, 2.24) is 14.6 Å². The molecule has 0 saturated carbocycles. The van der Waals surface area contributed by atoms with Gasteiger partial charge in [0.2, 0.25) is 0 Å². The summed E-state index contributed by atoms with van der Waals surface area (Å²) in [4.78, 5) is 12.4. The number of nitrogens with zero attached hydrogens (tertiary/aromatic N) is 4. The summed E-state index contributed by atoms with van der Waals surface area (Å²) in [5.74, 6) is -0.670. The monoisotopic (exact) mass is 422 g/mol. The molecule has 0 aliphatic carbocycles. The molecule has 0 radical (unpaired) electrons. The van der Waals surface area contributed by atoms with Crippen molar-refractivity contribution in [3.05, 3.63) is 53.9 Å². The van der Waals surface area contributed by atoms with Crippen LogP contribution in [-0.2, 0) is 19.6 Å². The molecule has 0 unspecified atom stereocenters. The average Bonchev–Trinajstić information content (AvgIpc) is 3.06. The van der Waals surface area contributed by atoms with Crippen LogP contribution in [0.2, 0.25) is 5.02 Å². The van der Waals surface area contributed by atoms with Crippen LogP contribution in [-0.4, -0.2) is 41.1 Å². The molecule has 0 bridgehead atoms. The van der Waals surface area contributed by atoms with Crippen LogP contribution < -0.4 is 4.31 Å². The molecule has 8 nitrogen and oxygen atoms in total. The first-order valence-corrected chi connectivity index (χ1v) is 10.2. The third-order valence-corrected chi connectivity index (χ3v) is 5.67. The van der Waals surface area contributed by atoms with E-state index in [1.165, 1.54) is 41.2 Å². The number of benzene rings is 1. The zero-order chi connectivity index (χ0) is 20.5. The van der Waals surface area contributed by atoms with E-state index >= 15 is 0 Å². The maximum atomic E-state index is 13.3. The number of anilines is 1. The van der Waals surface area contributed by atoms with Gasteiger partial charge in [-0.3, -0.25) is 13.5 Å². The zero-order valence-electron chi connectivity index (χ0n) is 15.5. The van der Waals surface area contributed by atoms with Crippen LogP contribution in [0.3, 0.4) is 0 Å². The summed E-state index contributed by atoms with van der Waals surface area (Å²) in [5.41, 5.74) is 0.0525. The quantitative estimate of drug-likeness (QED) is 0.587. The fourth-order valence-corrected chi connectivity index (χ4v) is 4.04. The highest BCUT2D eigenvalue weighted by Crippen LogP contribution is 2.26. The van der Waals surface area contributed by atoms with E-state index in [2.05, 4.69) is 10.2 Å². The molecule has 0 N–H and O–H groups in total. The number of rotatable bonds is 5. The highest BCUT2D eigenvalue weighted by molar-refractivity contribution is 7.92. The van der Waals surface area contributed by atoms with Crippen molar-refractivity contribution in [2.45, 2.75) is 31.3 Å². The fraction of sp³-hybridized carbons (Fsp3) is 0.278. The van der Waals surface area contributed by atoms with Gasteiger partial charge in [0.1, 0.15) is 23.4 Å². The molecule has 3 aromatic rings. The second kappa shape index (κ2) is 7.40. The number of hydrogen-bond donors (Lipinski definition) is 0. The van der Waals surface area contributed by atoms with E-state index in [9.17, 15) is 13.2 Å². The Labute approximate surface area is 167 Å². The molecule has 0 aliphatic rings. The van der Waals surface area contributed by atoms with Gasteiger partial charge in [0.15, 0.2) is 5.65 Å². The largest absolute Gasteiger partial charge is 0.459 e. The normalized spacial score (nSPS) is 12.1. The lowest BCUT2D eigenvalue weighted by atomic mass is 10.2. The number of carbonyl (C=O) groups excluding carboxylic acids is 1. The molecule has 0 saturated heterocycles. The van der Waals surface area contributed by atoms with E-state index in [1.54, 1.807) is 32.9 Å². The molecule has 148 valence electrons. The van der Waals surface area contributed by atoms with Gasteiger partial charge in [-0.15, -0.1) is 10.2 Å². The summed E-state index contributed by atoms with van der Waals surface area (Å²) >= 11 is 5.92. The van der Waals surface area contributed by atoms with E-state index in [-0.39, 0.29) is 4.90 Å². The number of sulfonamides is 1. The standard InChI is InChI=1S/C18H19ClN4O4S/c1-18(2,3)27-17(24)11-23(14-6-4-13(19)5-7-14)28(25,26)15-8-9-16-21-20-12-22(16)10-15/h4-10,12H,11H2,1-3H3. The summed E-state index contributed by atoms with van der Waals surface area (Å²) in [6, 6.07) is 9.11. The van der Waals surface area contributed by atoms with Crippen molar-refractivity contribution in [2.75, 3.05) is 10.8 Å². The van der Waals surface area contributed by atoms with Crippen LogP contribution in [0.4, 0.5) is 5.69 Å². The molecule has 0 atom stereocenters. The van der Waals surface area contributed by atoms with E-state index in [4.69, 9.17) is 16.3 Å². The van der Waals surface area contributed by atoms with Gasteiger partial charge >= 0.3 is 5.97 Å². The van der Waals surface area contributed by atoms with Crippen LogP contribution in [0.1, 0.15) is 20.8 Å². The Morgan fingerprint density at radius 2 is 1.86 bits per heavy atom. The summed E-state index contributed by atoms with van der Waals surface area (Å²) in [5, 5.41) is 8.05. The lowest BCUT2D eigenvalue weighted by Gasteiger charge is -2.26. The van der Waals surface area contributed by atoms with Crippen LogP contribution in [0.25, 0.3) is 5.65 Å². The van der Waals surface area contributed by atoms with Gasteiger partial charge in [-0.05, 0) is 57.2 Å². The molecule has 0 amide bonds. The molecule has 10 heteroatoms. The zero-order valence-corrected chi connectivity index (χ0v) is 17.1. The Bertz CT molecular complexity index is 1100. The molecule has 28 heavy (non-hydrogen) atoms. The Morgan fingerprint density at radius 3 is 2.50 bits per heavy atom. The van der Waals surface area contributed by atoms with Crippen molar-refractivity contribution in [3.63, 3.8) is 0 Å². The molecule has 3 rings (SSSR count). The molecular weight excluding hydrogens is 404 g/mol. The van der Waals surface area contributed by atoms with Crippen LogP contribution in [0.15, 0.2) is 53.8 Å². The van der Waals surface area contributed by atoms with Crippen LogP contribution >= 0.6 is 11.6 Å². The first kappa shape index (κ1) is 20.1. The third kappa shape index (κ3) is 4.42. The summed E-state index contributed by atoms with van der Waals surface area (Å²) in [7, 11) is -4.07. The molecule has 0 spiro atoms.